The number of anilines is 1. The molecule has 1 amide bonds. The van der Waals surface area contributed by atoms with E-state index in [0.717, 1.165) is 16.7 Å². The van der Waals surface area contributed by atoms with Gasteiger partial charge >= 0.3 is 0 Å². The first-order valence-corrected chi connectivity index (χ1v) is 6.94. The molecule has 0 fully saturated rings. The number of rotatable bonds is 4. The first-order chi connectivity index (χ1) is 9.88. The van der Waals surface area contributed by atoms with Gasteiger partial charge in [0, 0.05) is 10.7 Å². The van der Waals surface area contributed by atoms with Crippen molar-refractivity contribution in [3.63, 3.8) is 0 Å². The molecule has 1 aromatic heterocycles. The molecule has 112 valence electrons. The molecule has 1 aromatic carbocycles. The third kappa shape index (κ3) is 3.79. The van der Waals surface area contributed by atoms with Crippen LogP contribution in [0.5, 0.6) is 0 Å². The number of halogens is 5. The van der Waals surface area contributed by atoms with E-state index in [4.69, 9.17) is 11.6 Å². The predicted octanol–water partition coefficient (Wildman–Crippen LogP) is 4.56. The first kappa shape index (κ1) is 15.9. The Labute approximate surface area is 131 Å². The minimum Gasteiger partial charge on any atom is -0.338 e. The van der Waals surface area contributed by atoms with E-state index in [1.54, 1.807) is 0 Å². The van der Waals surface area contributed by atoms with E-state index < -0.39 is 24.7 Å². The van der Waals surface area contributed by atoms with Crippen molar-refractivity contribution in [2.75, 3.05) is 5.32 Å². The zero-order chi connectivity index (χ0) is 15.6. The van der Waals surface area contributed by atoms with E-state index in [1.807, 2.05) is 0 Å². The van der Waals surface area contributed by atoms with Crippen LogP contribution in [0.25, 0.3) is 0 Å². The molecule has 0 radical (unpaired) electrons. The second-order valence-electron chi connectivity index (χ2n) is 4.14. The summed E-state index contributed by atoms with van der Waals surface area (Å²) in [5.41, 5.74) is 0.232. The van der Waals surface area contributed by atoms with Gasteiger partial charge < -0.3 is 9.88 Å². The molecule has 0 aliphatic carbocycles. The predicted molar refractivity (Wildman–Crippen MR) is 77.5 cm³/mol. The van der Waals surface area contributed by atoms with Crippen LogP contribution in [0.1, 0.15) is 10.5 Å². The lowest BCUT2D eigenvalue weighted by molar-refractivity contribution is 0.0997. The number of hydrogen-bond acceptors (Lipinski definition) is 1. The smallest absolute Gasteiger partial charge is 0.272 e. The summed E-state index contributed by atoms with van der Waals surface area (Å²) in [7, 11) is 0. The van der Waals surface area contributed by atoms with Gasteiger partial charge in [-0.3, -0.25) is 4.79 Å². The molecule has 0 aliphatic rings. The van der Waals surface area contributed by atoms with Gasteiger partial charge in [0.25, 0.3) is 12.3 Å². The van der Waals surface area contributed by atoms with Crippen molar-refractivity contribution in [3.05, 3.63) is 51.5 Å². The van der Waals surface area contributed by atoms with Crippen molar-refractivity contribution in [3.8, 4) is 0 Å². The molecule has 0 bridgehead atoms. The largest absolute Gasteiger partial charge is 0.338 e. The van der Waals surface area contributed by atoms with Gasteiger partial charge in [-0.25, -0.2) is 13.2 Å². The molecule has 0 unspecified atom stereocenters. The van der Waals surface area contributed by atoms with Crippen LogP contribution in [-0.2, 0) is 6.54 Å². The Hall–Kier alpha value is -1.47. The van der Waals surface area contributed by atoms with E-state index in [1.165, 1.54) is 18.3 Å². The maximum absolute atomic E-state index is 13.1. The van der Waals surface area contributed by atoms with E-state index in [0.29, 0.717) is 0 Å². The summed E-state index contributed by atoms with van der Waals surface area (Å²) in [5, 5.41) is 2.47. The summed E-state index contributed by atoms with van der Waals surface area (Å²) in [4.78, 5) is 12.1. The van der Waals surface area contributed by atoms with Crippen molar-refractivity contribution in [1.29, 1.82) is 0 Å². The highest BCUT2D eigenvalue weighted by Gasteiger charge is 2.17. The molecule has 21 heavy (non-hydrogen) atoms. The Morgan fingerprint density at radius 3 is 2.76 bits per heavy atom. The number of carbonyl (C=O) groups excluding carboxylic acids is 1. The number of hydrogen-bond donors (Lipinski definition) is 1. The van der Waals surface area contributed by atoms with Crippen LogP contribution in [-0.4, -0.2) is 16.9 Å². The lowest BCUT2D eigenvalue weighted by atomic mass is 10.3. The van der Waals surface area contributed by atoms with Crippen molar-refractivity contribution in [1.82, 2.24) is 4.57 Å². The molecule has 0 aliphatic heterocycles. The fourth-order valence-electron chi connectivity index (χ4n) is 1.77. The van der Waals surface area contributed by atoms with Crippen molar-refractivity contribution in [2.24, 2.45) is 0 Å². The number of amides is 1. The molecule has 0 saturated heterocycles. The lowest BCUT2D eigenvalue weighted by Gasteiger charge is -2.12. The van der Waals surface area contributed by atoms with Crippen molar-refractivity contribution in [2.45, 2.75) is 13.0 Å². The number of alkyl halides is 2. The number of aromatic nitrogens is 1. The summed E-state index contributed by atoms with van der Waals surface area (Å²) < 4.78 is 39.3. The molecular formula is C13H9BrClF3N2O. The van der Waals surface area contributed by atoms with Crippen LogP contribution in [0.15, 0.2) is 34.9 Å². The van der Waals surface area contributed by atoms with Crippen LogP contribution in [0, 0.1) is 5.82 Å². The van der Waals surface area contributed by atoms with Gasteiger partial charge in [-0.05, 0) is 40.2 Å². The number of carbonyl (C=O) groups is 1. The summed E-state index contributed by atoms with van der Waals surface area (Å²) >= 11 is 8.94. The van der Waals surface area contributed by atoms with Crippen LogP contribution < -0.4 is 5.32 Å². The van der Waals surface area contributed by atoms with Crippen LogP contribution >= 0.6 is 27.5 Å². The first-order valence-electron chi connectivity index (χ1n) is 5.77. The maximum atomic E-state index is 13.1. The topological polar surface area (TPSA) is 34.0 Å². The molecule has 2 aromatic rings. The standard InChI is InChI=1S/C13H9BrClF3N2O/c14-8-4-7(16)5-9(15)12(8)19-13(21)10-2-1-3-20(10)6-11(17)18/h1-5,11H,6H2,(H,19,21). The average molecular weight is 382 g/mol. The van der Waals surface area contributed by atoms with Gasteiger partial charge in [0.1, 0.15) is 11.5 Å². The molecule has 1 N–H and O–H groups in total. The summed E-state index contributed by atoms with van der Waals surface area (Å²) in [6, 6.07) is 5.07. The number of nitrogens with zero attached hydrogens (tertiary/aromatic N) is 1. The fourth-order valence-corrected chi connectivity index (χ4v) is 2.67. The molecule has 0 atom stereocenters. The van der Waals surface area contributed by atoms with Crippen molar-refractivity contribution < 1.29 is 18.0 Å². The zero-order valence-electron chi connectivity index (χ0n) is 10.4. The van der Waals surface area contributed by atoms with E-state index in [-0.39, 0.29) is 20.9 Å². The molecule has 0 spiro atoms. The highest BCUT2D eigenvalue weighted by molar-refractivity contribution is 9.10. The molecule has 3 nitrogen and oxygen atoms in total. The van der Waals surface area contributed by atoms with Gasteiger partial charge in [-0.2, -0.15) is 0 Å². The van der Waals surface area contributed by atoms with E-state index in [9.17, 15) is 18.0 Å². The fraction of sp³-hybridized carbons (Fsp3) is 0.154. The van der Waals surface area contributed by atoms with Gasteiger partial charge in [0.05, 0.1) is 17.3 Å². The van der Waals surface area contributed by atoms with Crippen molar-refractivity contribution >= 4 is 39.1 Å². The minimum absolute atomic E-state index is 0.00203. The van der Waals surface area contributed by atoms with Gasteiger partial charge in [-0.15, -0.1) is 0 Å². The third-order valence-corrected chi connectivity index (χ3v) is 3.57. The zero-order valence-corrected chi connectivity index (χ0v) is 12.8. The second-order valence-corrected chi connectivity index (χ2v) is 5.40. The summed E-state index contributed by atoms with van der Waals surface area (Å²) in [5.74, 6) is -1.18. The highest BCUT2D eigenvalue weighted by Crippen LogP contribution is 2.32. The van der Waals surface area contributed by atoms with Gasteiger partial charge in [-0.1, -0.05) is 11.6 Å². The second kappa shape index (κ2) is 6.53. The van der Waals surface area contributed by atoms with Crippen LogP contribution in [0.2, 0.25) is 5.02 Å². The number of benzene rings is 1. The Morgan fingerprint density at radius 2 is 2.14 bits per heavy atom. The average Bonchev–Trinajstić information content (AvgIpc) is 2.80. The van der Waals surface area contributed by atoms with Crippen LogP contribution in [0.4, 0.5) is 18.9 Å². The Bertz CT molecular complexity index is 652. The Balaban J connectivity index is 2.25. The molecule has 0 saturated carbocycles. The third-order valence-electron chi connectivity index (χ3n) is 2.64. The number of nitrogens with one attached hydrogen (secondary N) is 1. The molecular weight excluding hydrogens is 373 g/mol. The monoisotopic (exact) mass is 380 g/mol. The maximum Gasteiger partial charge on any atom is 0.272 e. The normalized spacial score (nSPS) is 11.0. The van der Waals surface area contributed by atoms with Gasteiger partial charge in [0.2, 0.25) is 0 Å². The summed E-state index contributed by atoms with van der Waals surface area (Å²) in [6.45, 7) is -0.589. The SMILES string of the molecule is O=C(Nc1c(Cl)cc(F)cc1Br)c1cccn1CC(F)F. The molecule has 8 heteroatoms. The molecule has 1 heterocycles. The quantitative estimate of drug-likeness (QED) is 0.828. The lowest BCUT2D eigenvalue weighted by Crippen LogP contribution is -2.19. The van der Waals surface area contributed by atoms with E-state index >= 15 is 0 Å². The van der Waals surface area contributed by atoms with Crippen LogP contribution in [0.3, 0.4) is 0 Å². The molecule has 2 rings (SSSR count). The minimum atomic E-state index is -2.58. The highest BCUT2D eigenvalue weighted by atomic mass is 79.9. The Kier molecular flexibility index (Phi) is 4.95. The Morgan fingerprint density at radius 1 is 1.43 bits per heavy atom. The van der Waals surface area contributed by atoms with Gasteiger partial charge in [0.15, 0.2) is 0 Å². The van der Waals surface area contributed by atoms with E-state index in [2.05, 4.69) is 21.2 Å². The summed E-state index contributed by atoms with van der Waals surface area (Å²) in [6.07, 6.45) is -1.20.